The Morgan fingerprint density at radius 1 is 0.913 bits per heavy atom. The molecule has 3 aromatic rings. The Morgan fingerprint density at radius 3 is 2.00 bits per heavy atom. The van der Waals surface area contributed by atoms with Crippen LogP contribution in [0.4, 0.5) is 0 Å². The molecule has 0 aliphatic rings. The lowest BCUT2D eigenvalue weighted by Crippen LogP contribution is -2.30. The number of rotatable bonds is 4. The smallest absolute Gasteiger partial charge is 0.276 e. The molecule has 2 aromatic carbocycles. The van der Waals surface area contributed by atoms with Gasteiger partial charge in [-0.05, 0) is 30.3 Å². The normalized spacial score (nSPS) is 10.7. The molecule has 0 unspecified atom stereocenters. The van der Waals surface area contributed by atoms with Gasteiger partial charge in [-0.15, -0.1) is 0 Å². The van der Waals surface area contributed by atoms with Crippen molar-refractivity contribution in [3.8, 4) is 0 Å². The van der Waals surface area contributed by atoms with Gasteiger partial charge in [0.05, 0.1) is 13.1 Å². The minimum Gasteiger partial charge on any atom is -0.278 e. The summed E-state index contributed by atoms with van der Waals surface area (Å²) in [5.41, 5.74) is 2.45. The van der Waals surface area contributed by atoms with E-state index in [9.17, 15) is 4.79 Å². The summed E-state index contributed by atoms with van der Waals surface area (Å²) >= 11 is 5.50. The van der Waals surface area contributed by atoms with E-state index >= 15 is 0 Å². The van der Waals surface area contributed by atoms with Crippen LogP contribution in [-0.4, -0.2) is 14.3 Å². The van der Waals surface area contributed by atoms with Gasteiger partial charge < -0.3 is 0 Å². The number of hydrogen-bond acceptors (Lipinski definition) is 3. The van der Waals surface area contributed by atoms with Crippen LogP contribution in [-0.2, 0) is 13.1 Å². The molecule has 0 bridgehead atoms. The maximum Gasteiger partial charge on any atom is 0.276 e. The van der Waals surface area contributed by atoms with Crippen molar-refractivity contribution >= 4 is 12.2 Å². The maximum atomic E-state index is 12.4. The highest BCUT2D eigenvalue weighted by Gasteiger charge is 2.08. The quantitative estimate of drug-likeness (QED) is 0.692. The van der Waals surface area contributed by atoms with Crippen molar-refractivity contribution in [2.45, 2.75) is 20.0 Å². The van der Waals surface area contributed by atoms with E-state index in [0.29, 0.717) is 23.6 Å². The Kier molecular flexibility index (Phi) is 4.48. The zero-order chi connectivity index (χ0) is 16.2. The monoisotopic (exact) mass is 323 g/mol. The average Bonchev–Trinajstić information content (AvgIpc) is 2.58. The largest absolute Gasteiger partial charge is 0.278 e. The van der Waals surface area contributed by atoms with E-state index in [-0.39, 0.29) is 5.56 Å². The lowest BCUT2D eigenvalue weighted by atomic mass is 10.2. The van der Waals surface area contributed by atoms with Crippen LogP contribution in [0, 0.1) is 11.7 Å². The summed E-state index contributed by atoms with van der Waals surface area (Å²) in [6.45, 7) is 2.73. The van der Waals surface area contributed by atoms with Gasteiger partial charge in [0.15, 0.2) is 4.77 Å². The molecule has 5 heteroatoms. The van der Waals surface area contributed by atoms with Crippen molar-refractivity contribution in [3.05, 3.63) is 92.6 Å². The van der Waals surface area contributed by atoms with Crippen molar-refractivity contribution in [2.75, 3.05) is 0 Å². The Hall–Kier alpha value is -2.53. The highest BCUT2D eigenvalue weighted by atomic mass is 32.1. The van der Waals surface area contributed by atoms with Crippen LogP contribution < -0.4 is 5.56 Å². The van der Waals surface area contributed by atoms with Gasteiger partial charge >= 0.3 is 0 Å². The van der Waals surface area contributed by atoms with Crippen LogP contribution in [0.5, 0.6) is 0 Å². The minimum absolute atomic E-state index is 0.136. The summed E-state index contributed by atoms with van der Waals surface area (Å²) in [6.07, 6.45) is 0. The van der Waals surface area contributed by atoms with E-state index in [2.05, 4.69) is 5.10 Å². The summed E-state index contributed by atoms with van der Waals surface area (Å²) in [6, 6.07) is 19.8. The van der Waals surface area contributed by atoms with E-state index in [4.69, 9.17) is 12.2 Å². The first-order chi connectivity index (χ1) is 11.1. The highest BCUT2D eigenvalue weighted by molar-refractivity contribution is 7.71. The maximum absolute atomic E-state index is 12.4. The Labute approximate surface area is 139 Å². The van der Waals surface area contributed by atoms with Crippen LogP contribution in [0.2, 0.25) is 0 Å². The molecule has 0 fully saturated rings. The van der Waals surface area contributed by atoms with Gasteiger partial charge in [-0.3, -0.25) is 9.36 Å². The Bertz CT molecular complexity index is 914. The first kappa shape index (κ1) is 15.4. The molecule has 23 heavy (non-hydrogen) atoms. The van der Waals surface area contributed by atoms with E-state index < -0.39 is 0 Å². The third-order valence-corrected chi connectivity index (χ3v) is 4.07. The molecule has 0 saturated heterocycles. The topological polar surface area (TPSA) is 39.8 Å². The van der Waals surface area contributed by atoms with Crippen LogP contribution >= 0.6 is 12.2 Å². The molecule has 0 saturated carbocycles. The van der Waals surface area contributed by atoms with E-state index in [0.717, 1.165) is 11.1 Å². The molecule has 0 N–H and O–H groups in total. The van der Waals surface area contributed by atoms with Crippen LogP contribution in [0.1, 0.15) is 16.8 Å². The Morgan fingerprint density at radius 2 is 1.43 bits per heavy atom. The van der Waals surface area contributed by atoms with Gasteiger partial charge in [0.2, 0.25) is 0 Å². The van der Waals surface area contributed by atoms with Crippen molar-refractivity contribution in [2.24, 2.45) is 0 Å². The molecule has 116 valence electrons. The number of aryl methyl sites for hydroxylation is 1. The number of nitrogens with zero attached hydrogens (tertiary/aromatic N) is 3. The second-order valence-corrected chi connectivity index (χ2v) is 5.75. The SMILES string of the molecule is Cc1nn(Cc2ccccc2)c(=S)n(Cc2ccccc2)c1=O. The molecule has 3 rings (SSSR count). The van der Waals surface area contributed by atoms with Crippen molar-refractivity contribution in [1.82, 2.24) is 14.3 Å². The van der Waals surface area contributed by atoms with E-state index in [1.807, 2.05) is 60.7 Å². The summed E-state index contributed by atoms with van der Waals surface area (Å²) in [7, 11) is 0. The summed E-state index contributed by atoms with van der Waals surface area (Å²) in [5, 5.41) is 4.35. The zero-order valence-electron chi connectivity index (χ0n) is 12.8. The number of hydrogen-bond donors (Lipinski definition) is 0. The molecule has 0 aliphatic heterocycles. The second kappa shape index (κ2) is 6.71. The molecule has 0 spiro atoms. The van der Waals surface area contributed by atoms with Gasteiger partial charge in [-0.2, -0.15) is 5.10 Å². The molecule has 0 aliphatic carbocycles. The molecule has 0 amide bonds. The molecular weight excluding hydrogens is 306 g/mol. The van der Waals surface area contributed by atoms with Crippen molar-refractivity contribution < 1.29 is 0 Å². The standard InChI is InChI=1S/C18H17N3OS/c1-14-17(22)20(12-15-8-4-2-5-9-15)18(23)21(19-14)13-16-10-6-3-7-11-16/h2-11H,12-13H2,1H3. The third kappa shape index (κ3) is 3.46. The molecule has 0 atom stereocenters. The van der Waals surface area contributed by atoms with Gasteiger partial charge in [-0.1, -0.05) is 60.7 Å². The summed E-state index contributed by atoms with van der Waals surface area (Å²) in [5.74, 6) is 0. The third-order valence-electron chi connectivity index (χ3n) is 3.64. The fraction of sp³-hybridized carbons (Fsp3) is 0.167. The number of benzene rings is 2. The molecule has 0 radical (unpaired) electrons. The molecule has 1 heterocycles. The van der Waals surface area contributed by atoms with E-state index in [1.165, 1.54) is 0 Å². The predicted molar refractivity (Wildman–Crippen MR) is 93.1 cm³/mol. The highest BCUT2D eigenvalue weighted by Crippen LogP contribution is 2.05. The zero-order valence-corrected chi connectivity index (χ0v) is 13.7. The lowest BCUT2D eigenvalue weighted by Gasteiger charge is -2.13. The van der Waals surface area contributed by atoms with Gasteiger partial charge in [-0.25, -0.2) is 4.68 Å². The summed E-state index contributed by atoms with van der Waals surface area (Å²) < 4.78 is 3.76. The van der Waals surface area contributed by atoms with Crippen LogP contribution in [0.15, 0.2) is 65.5 Å². The molecular formula is C18H17N3OS. The lowest BCUT2D eigenvalue weighted by molar-refractivity contribution is 0.553. The summed E-state index contributed by atoms with van der Waals surface area (Å²) in [4.78, 5) is 12.4. The second-order valence-electron chi connectivity index (χ2n) is 5.39. The van der Waals surface area contributed by atoms with Gasteiger partial charge in [0.1, 0.15) is 5.69 Å². The van der Waals surface area contributed by atoms with Crippen molar-refractivity contribution in [1.29, 1.82) is 0 Å². The first-order valence-electron chi connectivity index (χ1n) is 7.41. The van der Waals surface area contributed by atoms with Crippen molar-refractivity contribution in [3.63, 3.8) is 0 Å². The minimum atomic E-state index is -0.136. The predicted octanol–water partition coefficient (Wildman–Crippen LogP) is 3.18. The molecule has 4 nitrogen and oxygen atoms in total. The van der Waals surface area contributed by atoms with Gasteiger partial charge in [0, 0.05) is 0 Å². The fourth-order valence-corrected chi connectivity index (χ4v) is 2.71. The first-order valence-corrected chi connectivity index (χ1v) is 7.82. The van der Waals surface area contributed by atoms with Gasteiger partial charge in [0.25, 0.3) is 5.56 Å². The average molecular weight is 323 g/mol. The van der Waals surface area contributed by atoms with E-state index in [1.54, 1.807) is 16.2 Å². The Balaban J connectivity index is 2.03. The molecule has 1 aromatic heterocycles. The van der Waals surface area contributed by atoms with Crippen LogP contribution in [0.25, 0.3) is 0 Å². The fourth-order valence-electron chi connectivity index (χ4n) is 2.45. The number of aromatic nitrogens is 3. The van der Waals surface area contributed by atoms with Crippen LogP contribution in [0.3, 0.4) is 0 Å².